The van der Waals surface area contributed by atoms with E-state index in [2.05, 4.69) is 43.1 Å². The number of amides is 1. The second kappa shape index (κ2) is 8.72. The fourth-order valence-corrected chi connectivity index (χ4v) is 3.22. The Balaban J connectivity index is 1.96. The lowest BCUT2D eigenvalue weighted by atomic mass is 10.2. The van der Waals surface area contributed by atoms with Crippen LogP contribution in [0.2, 0.25) is 0 Å². The normalized spacial score (nSPS) is 11.0. The summed E-state index contributed by atoms with van der Waals surface area (Å²) in [7, 11) is 0. The SMILES string of the molecule is CCCN(Cc1ccccc1)C(=O)CSc1nncn1C(C)C. The maximum absolute atomic E-state index is 12.6. The molecule has 0 aliphatic heterocycles. The maximum Gasteiger partial charge on any atom is 0.233 e. The second-order valence-corrected chi connectivity index (χ2v) is 6.65. The molecule has 0 N–H and O–H groups in total. The molecule has 2 aromatic rings. The van der Waals surface area contributed by atoms with Gasteiger partial charge in [-0.1, -0.05) is 49.0 Å². The average Bonchev–Trinajstić information content (AvgIpc) is 3.02. The van der Waals surface area contributed by atoms with E-state index in [0.29, 0.717) is 18.3 Å². The molecule has 124 valence electrons. The molecule has 1 amide bonds. The van der Waals surface area contributed by atoms with E-state index < -0.39 is 0 Å². The van der Waals surface area contributed by atoms with Gasteiger partial charge in [-0.25, -0.2) is 0 Å². The van der Waals surface area contributed by atoms with Crippen LogP contribution in [0.15, 0.2) is 41.8 Å². The summed E-state index contributed by atoms with van der Waals surface area (Å²) in [6, 6.07) is 10.4. The van der Waals surface area contributed by atoms with Crippen molar-refractivity contribution in [2.75, 3.05) is 12.3 Å². The maximum atomic E-state index is 12.6. The van der Waals surface area contributed by atoms with Crippen LogP contribution in [0.5, 0.6) is 0 Å². The molecule has 0 unspecified atom stereocenters. The number of hydrogen-bond donors (Lipinski definition) is 0. The Bertz CT molecular complexity index is 612. The number of hydrogen-bond acceptors (Lipinski definition) is 4. The molecule has 0 bridgehead atoms. The molecule has 1 aromatic carbocycles. The first-order chi connectivity index (χ1) is 11.1. The number of benzene rings is 1. The van der Waals surface area contributed by atoms with E-state index in [1.165, 1.54) is 11.8 Å². The van der Waals surface area contributed by atoms with Gasteiger partial charge in [-0.05, 0) is 25.8 Å². The van der Waals surface area contributed by atoms with Crippen LogP contribution >= 0.6 is 11.8 Å². The molecular weight excluding hydrogens is 308 g/mol. The van der Waals surface area contributed by atoms with E-state index >= 15 is 0 Å². The average molecular weight is 332 g/mol. The minimum absolute atomic E-state index is 0.138. The Labute approximate surface area is 142 Å². The van der Waals surface area contributed by atoms with Gasteiger partial charge in [0.15, 0.2) is 5.16 Å². The molecule has 2 rings (SSSR count). The van der Waals surface area contributed by atoms with E-state index in [-0.39, 0.29) is 5.91 Å². The minimum Gasteiger partial charge on any atom is -0.338 e. The van der Waals surface area contributed by atoms with Crippen molar-refractivity contribution in [3.8, 4) is 0 Å². The molecule has 0 spiro atoms. The Kier molecular flexibility index (Phi) is 6.65. The van der Waals surface area contributed by atoms with E-state index in [1.807, 2.05) is 27.7 Å². The van der Waals surface area contributed by atoms with Crippen molar-refractivity contribution >= 4 is 17.7 Å². The van der Waals surface area contributed by atoms with Crippen LogP contribution < -0.4 is 0 Å². The molecule has 6 heteroatoms. The number of rotatable bonds is 8. The molecule has 0 aliphatic carbocycles. The highest BCUT2D eigenvalue weighted by atomic mass is 32.2. The summed E-state index contributed by atoms with van der Waals surface area (Å²) in [4.78, 5) is 14.5. The number of thioether (sulfide) groups is 1. The van der Waals surface area contributed by atoms with Crippen LogP contribution in [-0.2, 0) is 11.3 Å². The summed E-state index contributed by atoms with van der Waals surface area (Å²) in [5.41, 5.74) is 1.16. The quantitative estimate of drug-likeness (QED) is 0.695. The first kappa shape index (κ1) is 17.5. The van der Waals surface area contributed by atoms with Gasteiger partial charge in [0.1, 0.15) is 6.33 Å². The van der Waals surface area contributed by atoms with E-state index in [9.17, 15) is 4.79 Å². The first-order valence-corrected chi connectivity index (χ1v) is 8.94. The number of aromatic nitrogens is 3. The fourth-order valence-electron chi connectivity index (χ4n) is 2.27. The fraction of sp³-hybridized carbons (Fsp3) is 0.471. The molecule has 5 nitrogen and oxygen atoms in total. The minimum atomic E-state index is 0.138. The van der Waals surface area contributed by atoms with Gasteiger partial charge < -0.3 is 9.47 Å². The van der Waals surface area contributed by atoms with Gasteiger partial charge in [-0.15, -0.1) is 10.2 Å². The van der Waals surface area contributed by atoms with Gasteiger partial charge >= 0.3 is 0 Å². The first-order valence-electron chi connectivity index (χ1n) is 7.95. The lowest BCUT2D eigenvalue weighted by molar-refractivity contribution is -0.129. The Morgan fingerprint density at radius 1 is 1.30 bits per heavy atom. The summed E-state index contributed by atoms with van der Waals surface area (Å²) < 4.78 is 1.99. The standard InChI is InChI=1S/C17H24N4OS/c1-4-10-20(11-15-8-6-5-7-9-15)16(22)12-23-17-19-18-13-21(17)14(2)3/h5-9,13-14H,4,10-12H2,1-3H3. The van der Waals surface area contributed by atoms with Gasteiger partial charge in [0.25, 0.3) is 0 Å². The van der Waals surface area contributed by atoms with Crippen LogP contribution in [0.1, 0.15) is 38.8 Å². The van der Waals surface area contributed by atoms with Crippen molar-refractivity contribution < 1.29 is 4.79 Å². The summed E-state index contributed by atoms with van der Waals surface area (Å²) in [5.74, 6) is 0.525. The van der Waals surface area contributed by atoms with E-state index in [1.54, 1.807) is 6.33 Å². The van der Waals surface area contributed by atoms with Crippen LogP contribution in [0.3, 0.4) is 0 Å². The van der Waals surface area contributed by atoms with Crippen molar-refractivity contribution in [3.63, 3.8) is 0 Å². The largest absolute Gasteiger partial charge is 0.338 e. The second-order valence-electron chi connectivity index (χ2n) is 5.70. The molecule has 0 fully saturated rings. The zero-order valence-electron chi connectivity index (χ0n) is 14.0. The topological polar surface area (TPSA) is 51.0 Å². The molecule has 0 saturated carbocycles. The van der Waals surface area contributed by atoms with Crippen molar-refractivity contribution in [1.29, 1.82) is 0 Å². The summed E-state index contributed by atoms with van der Waals surface area (Å²) in [6.45, 7) is 7.67. The van der Waals surface area contributed by atoms with E-state index in [4.69, 9.17) is 0 Å². The Hall–Kier alpha value is -1.82. The van der Waals surface area contributed by atoms with Gasteiger partial charge in [-0.2, -0.15) is 0 Å². The van der Waals surface area contributed by atoms with Crippen molar-refractivity contribution in [3.05, 3.63) is 42.2 Å². The van der Waals surface area contributed by atoms with Crippen LogP contribution in [0, 0.1) is 0 Å². The van der Waals surface area contributed by atoms with Gasteiger partial charge in [-0.3, -0.25) is 4.79 Å². The predicted molar refractivity (Wildman–Crippen MR) is 93.3 cm³/mol. The summed E-state index contributed by atoms with van der Waals surface area (Å²) >= 11 is 1.45. The predicted octanol–water partition coefficient (Wildman–Crippen LogP) is 3.39. The molecule has 0 atom stereocenters. The van der Waals surface area contributed by atoms with Crippen molar-refractivity contribution in [2.24, 2.45) is 0 Å². The third-order valence-electron chi connectivity index (χ3n) is 3.48. The smallest absolute Gasteiger partial charge is 0.233 e. The van der Waals surface area contributed by atoms with Gasteiger partial charge in [0.05, 0.1) is 5.75 Å². The Morgan fingerprint density at radius 3 is 2.70 bits per heavy atom. The van der Waals surface area contributed by atoms with Gasteiger partial charge in [0.2, 0.25) is 5.91 Å². The lowest BCUT2D eigenvalue weighted by Gasteiger charge is -2.22. The van der Waals surface area contributed by atoms with Crippen LogP contribution in [0.25, 0.3) is 0 Å². The third-order valence-corrected chi connectivity index (χ3v) is 4.43. The molecular formula is C17H24N4OS. The third kappa shape index (κ3) is 5.10. The molecule has 1 aromatic heterocycles. The van der Waals surface area contributed by atoms with Crippen LogP contribution in [-0.4, -0.2) is 37.9 Å². The molecule has 23 heavy (non-hydrogen) atoms. The molecule has 0 radical (unpaired) electrons. The highest BCUT2D eigenvalue weighted by Gasteiger charge is 2.16. The summed E-state index contributed by atoms with van der Waals surface area (Å²) in [5, 5.41) is 8.84. The summed E-state index contributed by atoms with van der Waals surface area (Å²) in [6.07, 6.45) is 2.66. The highest BCUT2D eigenvalue weighted by molar-refractivity contribution is 7.99. The van der Waals surface area contributed by atoms with E-state index in [0.717, 1.165) is 23.7 Å². The number of carbonyl (C=O) groups excluding carboxylic acids is 1. The molecule has 0 saturated heterocycles. The van der Waals surface area contributed by atoms with Gasteiger partial charge in [0, 0.05) is 19.1 Å². The number of nitrogens with zero attached hydrogens (tertiary/aromatic N) is 4. The monoisotopic (exact) mass is 332 g/mol. The lowest BCUT2D eigenvalue weighted by Crippen LogP contribution is -2.32. The van der Waals surface area contributed by atoms with Crippen LogP contribution in [0.4, 0.5) is 0 Å². The zero-order valence-corrected chi connectivity index (χ0v) is 14.8. The highest BCUT2D eigenvalue weighted by Crippen LogP contribution is 2.19. The van der Waals surface area contributed by atoms with Crippen molar-refractivity contribution in [1.82, 2.24) is 19.7 Å². The molecule has 0 aliphatic rings. The Morgan fingerprint density at radius 2 is 2.04 bits per heavy atom. The zero-order chi connectivity index (χ0) is 16.7. The molecule has 1 heterocycles. The van der Waals surface area contributed by atoms with Crippen molar-refractivity contribution in [2.45, 2.75) is 44.9 Å². The number of carbonyl (C=O) groups is 1.